The van der Waals surface area contributed by atoms with Crippen LogP contribution in [-0.4, -0.2) is 20.7 Å². The van der Waals surface area contributed by atoms with Crippen LogP contribution in [0.3, 0.4) is 0 Å². The Hall–Kier alpha value is -3.21. The normalized spacial score (nSPS) is 12.8. The van der Waals surface area contributed by atoms with Crippen molar-refractivity contribution in [2.24, 2.45) is 10.9 Å². The first-order chi connectivity index (χ1) is 11.6. The Bertz CT molecular complexity index is 951. The number of aromatic hydroxyl groups is 1. The van der Waals surface area contributed by atoms with Gasteiger partial charge in [0.05, 0.1) is 16.8 Å². The van der Waals surface area contributed by atoms with Crippen LogP contribution in [0.4, 0.5) is 0 Å². The minimum absolute atomic E-state index is 0.0694. The number of amidine groups is 1. The smallest absolute Gasteiger partial charge is 0.172 e. The SMILES string of the molecule is CC=C(C)c1c(C(N)=NO)c2ccccc2n1-c1ccc(O)cc1. The number of para-hydroxylation sites is 1. The van der Waals surface area contributed by atoms with Gasteiger partial charge in [-0.25, -0.2) is 0 Å². The van der Waals surface area contributed by atoms with Crippen molar-refractivity contribution in [1.82, 2.24) is 4.57 Å². The zero-order chi connectivity index (χ0) is 17.3. The molecule has 0 aliphatic rings. The predicted octanol–water partition coefficient (Wildman–Crippen LogP) is 3.85. The highest BCUT2D eigenvalue weighted by molar-refractivity contribution is 6.13. The quantitative estimate of drug-likeness (QED) is 0.296. The number of nitrogens with two attached hydrogens (primary N) is 1. The second-order valence-electron chi connectivity index (χ2n) is 5.55. The molecule has 0 bridgehead atoms. The largest absolute Gasteiger partial charge is 0.508 e. The van der Waals surface area contributed by atoms with Crippen LogP contribution in [0, 0.1) is 0 Å². The zero-order valence-electron chi connectivity index (χ0n) is 13.6. The monoisotopic (exact) mass is 321 g/mol. The maximum Gasteiger partial charge on any atom is 0.172 e. The lowest BCUT2D eigenvalue weighted by atomic mass is 10.1. The Morgan fingerprint density at radius 2 is 1.79 bits per heavy atom. The van der Waals surface area contributed by atoms with E-state index < -0.39 is 0 Å². The summed E-state index contributed by atoms with van der Waals surface area (Å²) in [6, 6.07) is 14.8. The van der Waals surface area contributed by atoms with Gasteiger partial charge in [0.1, 0.15) is 5.75 Å². The summed E-state index contributed by atoms with van der Waals surface area (Å²) in [7, 11) is 0. The second kappa shape index (κ2) is 6.12. The number of phenolic OH excluding ortho intramolecular Hbond substituents is 1. The van der Waals surface area contributed by atoms with Gasteiger partial charge in [-0.15, -0.1) is 0 Å². The molecule has 4 N–H and O–H groups in total. The predicted molar refractivity (Wildman–Crippen MR) is 96.8 cm³/mol. The van der Waals surface area contributed by atoms with Gasteiger partial charge in [-0.05, 0) is 49.8 Å². The number of phenols is 1. The van der Waals surface area contributed by atoms with E-state index in [2.05, 4.69) is 9.72 Å². The number of aromatic nitrogens is 1. The molecule has 2 aromatic carbocycles. The molecular formula is C19H19N3O2. The summed E-state index contributed by atoms with van der Waals surface area (Å²) in [4.78, 5) is 0. The Balaban J connectivity index is 2.49. The molecule has 122 valence electrons. The lowest BCUT2D eigenvalue weighted by Gasteiger charge is -2.13. The first-order valence-electron chi connectivity index (χ1n) is 7.62. The third kappa shape index (κ3) is 2.40. The highest BCUT2D eigenvalue weighted by Crippen LogP contribution is 2.34. The minimum atomic E-state index is 0.0694. The van der Waals surface area contributed by atoms with Gasteiger partial charge in [0, 0.05) is 11.1 Å². The van der Waals surface area contributed by atoms with Crippen molar-refractivity contribution in [3.63, 3.8) is 0 Å². The van der Waals surface area contributed by atoms with Crippen LogP contribution in [0.25, 0.3) is 22.2 Å². The van der Waals surface area contributed by atoms with Crippen LogP contribution >= 0.6 is 0 Å². The lowest BCUT2D eigenvalue weighted by molar-refractivity contribution is 0.318. The molecule has 0 spiro atoms. The number of hydrogen-bond acceptors (Lipinski definition) is 3. The van der Waals surface area contributed by atoms with E-state index >= 15 is 0 Å². The number of benzene rings is 2. The molecular weight excluding hydrogens is 302 g/mol. The van der Waals surface area contributed by atoms with E-state index in [0.29, 0.717) is 5.56 Å². The van der Waals surface area contributed by atoms with Crippen LogP contribution in [-0.2, 0) is 0 Å². The standard InChI is InChI=1S/C19H19N3O2/c1-3-12(2)18-17(19(20)21-24)15-6-4-5-7-16(15)22(18)13-8-10-14(23)11-9-13/h3-11,23-24H,1-2H3,(H2,20,21). The van der Waals surface area contributed by atoms with Gasteiger partial charge in [0.15, 0.2) is 5.84 Å². The van der Waals surface area contributed by atoms with Crippen molar-refractivity contribution < 1.29 is 10.3 Å². The molecule has 3 rings (SSSR count). The molecule has 24 heavy (non-hydrogen) atoms. The van der Waals surface area contributed by atoms with Gasteiger partial charge >= 0.3 is 0 Å². The average Bonchev–Trinajstić information content (AvgIpc) is 2.96. The van der Waals surface area contributed by atoms with Crippen molar-refractivity contribution in [2.45, 2.75) is 13.8 Å². The number of rotatable bonds is 3. The van der Waals surface area contributed by atoms with Crippen LogP contribution in [0.2, 0.25) is 0 Å². The molecule has 3 aromatic rings. The van der Waals surface area contributed by atoms with Gasteiger partial charge in [-0.3, -0.25) is 0 Å². The van der Waals surface area contributed by atoms with Gasteiger partial charge in [-0.2, -0.15) is 0 Å². The fourth-order valence-electron chi connectivity index (χ4n) is 2.93. The molecule has 1 aromatic heterocycles. The molecule has 0 unspecified atom stereocenters. The number of nitrogens with zero attached hydrogens (tertiary/aromatic N) is 2. The Morgan fingerprint density at radius 1 is 1.12 bits per heavy atom. The van der Waals surface area contributed by atoms with E-state index in [1.807, 2.05) is 56.3 Å². The van der Waals surface area contributed by atoms with Gasteiger partial charge in [0.2, 0.25) is 0 Å². The molecule has 0 saturated carbocycles. The highest BCUT2D eigenvalue weighted by atomic mass is 16.4. The van der Waals surface area contributed by atoms with E-state index in [-0.39, 0.29) is 11.6 Å². The summed E-state index contributed by atoms with van der Waals surface area (Å²) in [5.74, 6) is 0.274. The molecule has 0 radical (unpaired) electrons. The molecule has 0 saturated heterocycles. The van der Waals surface area contributed by atoms with Crippen molar-refractivity contribution in [3.8, 4) is 11.4 Å². The molecule has 0 amide bonds. The fourth-order valence-corrected chi connectivity index (χ4v) is 2.93. The van der Waals surface area contributed by atoms with E-state index in [0.717, 1.165) is 27.9 Å². The topological polar surface area (TPSA) is 83.8 Å². The number of fused-ring (bicyclic) bond motifs is 1. The minimum Gasteiger partial charge on any atom is -0.508 e. The van der Waals surface area contributed by atoms with Crippen LogP contribution in [0.15, 0.2) is 59.8 Å². The van der Waals surface area contributed by atoms with E-state index in [1.165, 1.54) is 0 Å². The summed E-state index contributed by atoms with van der Waals surface area (Å²) in [6.07, 6.45) is 1.99. The highest BCUT2D eigenvalue weighted by Gasteiger charge is 2.21. The zero-order valence-corrected chi connectivity index (χ0v) is 13.6. The Morgan fingerprint density at radius 3 is 2.42 bits per heavy atom. The molecule has 0 aliphatic carbocycles. The van der Waals surface area contributed by atoms with E-state index in [1.54, 1.807) is 12.1 Å². The summed E-state index contributed by atoms with van der Waals surface area (Å²) >= 11 is 0. The molecule has 0 atom stereocenters. The molecule has 5 nitrogen and oxygen atoms in total. The van der Waals surface area contributed by atoms with Crippen LogP contribution in [0.5, 0.6) is 5.75 Å². The van der Waals surface area contributed by atoms with Crippen molar-refractivity contribution in [2.75, 3.05) is 0 Å². The van der Waals surface area contributed by atoms with Crippen molar-refractivity contribution >= 4 is 22.3 Å². The maximum absolute atomic E-state index is 9.58. The number of allylic oxidation sites excluding steroid dienone is 2. The van der Waals surface area contributed by atoms with Gasteiger partial charge in [0.25, 0.3) is 0 Å². The Labute approximate surface area is 140 Å². The number of hydrogen-bond donors (Lipinski definition) is 3. The fraction of sp³-hybridized carbons (Fsp3) is 0.105. The third-order valence-electron chi connectivity index (χ3n) is 4.15. The van der Waals surface area contributed by atoms with Gasteiger partial charge in [-0.1, -0.05) is 29.4 Å². The average molecular weight is 321 g/mol. The summed E-state index contributed by atoms with van der Waals surface area (Å²) in [6.45, 7) is 3.93. The maximum atomic E-state index is 9.58. The molecule has 0 aliphatic heterocycles. The third-order valence-corrected chi connectivity index (χ3v) is 4.15. The first-order valence-corrected chi connectivity index (χ1v) is 7.62. The molecule has 1 heterocycles. The second-order valence-corrected chi connectivity index (χ2v) is 5.55. The van der Waals surface area contributed by atoms with Crippen molar-refractivity contribution in [3.05, 3.63) is 65.9 Å². The summed E-state index contributed by atoms with van der Waals surface area (Å²) < 4.78 is 2.05. The van der Waals surface area contributed by atoms with Crippen LogP contribution in [0.1, 0.15) is 25.1 Å². The van der Waals surface area contributed by atoms with Crippen molar-refractivity contribution in [1.29, 1.82) is 0 Å². The molecule has 5 heteroatoms. The Kier molecular flexibility index (Phi) is 4.00. The lowest BCUT2D eigenvalue weighted by Crippen LogP contribution is -2.15. The van der Waals surface area contributed by atoms with E-state index in [4.69, 9.17) is 5.73 Å². The van der Waals surface area contributed by atoms with E-state index in [9.17, 15) is 10.3 Å². The van der Waals surface area contributed by atoms with Gasteiger partial charge < -0.3 is 20.6 Å². The first kappa shape index (κ1) is 15.7. The summed E-state index contributed by atoms with van der Waals surface area (Å²) in [5.41, 5.74) is 10.4. The molecule has 0 fully saturated rings. The number of oxime groups is 1. The summed E-state index contributed by atoms with van der Waals surface area (Å²) in [5, 5.41) is 22.9. The van der Waals surface area contributed by atoms with Crippen LogP contribution < -0.4 is 5.73 Å².